The molecular weight excluding hydrogens is 229 g/mol. The summed E-state index contributed by atoms with van der Waals surface area (Å²) in [6.07, 6.45) is 5.03. The maximum absolute atomic E-state index is 13.4. The standard InChI is InChI=1S/C15H20FNO/c1-17-12-6-7-13(17)9-11(8-12)10-18-15-5-3-2-4-14(15)16/h2-5,11-13H,6-10H2,1H3. The van der Waals surface area contributed by atoms with E-state index in [-0.39, 0.29) is 5.82 Å². The first kappa shape index (κ1) is 12.0. The van der Waals surface area contributed by atoms with E-state index in [0.717, 1.165) is 12.1 Å². The molecule has 2 heterocycles. The van der Waals surface area contributed by atoms with Crippen LogP contribution < -0.4 is 4.74 Å². The van der Waals surface area contributed by atoms with Gasteiger partial charge in [0.15, 0.2) is 11.6 Å². The zero-order valence-corrected chi connectivity index (χ0v) is 10.8. The van der Waals surface area contributed by atoms with Gasteiger partial charge in [0.2, 0.25) is 0 Å². The van der Waals surface area contributed by atoms with Gasteiger partial charge in [-0.15, -0.1) is 0 Å². The number of rotatable bonds is 3. The molecule has 2 aliphatic heterocycles. The Labute approximate surface area is 108 Å². The minimum Gasteiger partial charge on any atom is -0.490 e. The number of piperidine rings is 1. The van der Waals surface area contributed by atoms with Gasteiger partial charge in [-0.3, -0.25) is 0 Å². The number of nitrogens with zero attached hydrogens (tertiary/aromatic N) is 1. The average Bonchev–Trinajstić information content (AvgIpc) is 2.62. The molecule has 1 aromatic rings. The van der Waals surface area contributed by atoms with E-state index in [0.29, 0.717) is 18.3 Å². The number of para-hydroxylation sites is 1. The van der Waals surface area contributed by atoms with E-state index >= 15 is 0 Å². The molecule has 2 atom stereocenters. The highest BCUT2D eigenvalue weighted by molar-refractivity contribution is 5.23. The fraction of sp³-hybridized carbons (Fsp3) is 0.600. The predicted molar refractivity (Wildman–Crippen MR) is 69.2 cm³/mol. The lowest BCUT2D eigenvalue weighted by Crippen LogP contribution is -2.41. The van der Waals surface area contributed by atoms with E-state index in [1.54, 1.807) is 12.1 Å². The van der Waals surface area contributed by atoms with Crippen LogP contribution >= 0.6 is 0 Å². The van der Waals surface area contributed by atoms with Gasteiger partial charge in [-0.05, 0) is 50.8 Å². The topological polar surface area (TPSA) is 12.5 Å². The quantitative estimate of drug-likeness (QED) is 0.816. The predicted octanol–water partition coefficient (Wildman–Crippen LogP) is 3.08. The summed E-state index contributed by atoms with van der Waals surface area (Å²) in [6, 6.07) is 8.11. The van der Waals surface area contributed by atoms with Crippen LogP contribution in [0.15, 0.2) is 24.3 Å². The van der Waals surface area contributed by atoms with Crippen LogP contribution in [-0.4, -0.2) is 30.6 Å². The Morgan fingerprint density at radius 1 is 1.22 bits per heavy atom. The van der Waals surface area contributed by atoms with Gasteiger partial charge in [-0.1, -0.05) is 12.1 Å². The molecular formula is C15H20FNO. The van der Waals surface area contributed by atoms with E-state index < -0.39 is 0 Å². The number of benzene rings is 1. The summed E-state index contributed by atoms with van der Waals surface area (Å²) in [5.74, 6) is 0.718. The van der Waals surface area contributed by atoms with Crippen LogP contribution in [0.4, 0.5) is 4.39 Å². The lowest BCUT2D eigenvalue weighted by atomic mass is 9.92. The molecule has 0 aromatic heterocycles. The normalized spacial score (nSPS) is 31.6. The second kappa shape index (κ2) is 4.88. The van der Waals surface area contributed by atoms with Crippen molar-refractivity contribution in [1.82, 2.24) is 4.90 Å². The van der Waals surface area contributed by atoms with Crippen molar-refractivity contribution >= 4 is 0 Å². The first-order chi connectivity index (χ1) is 8.74. The molecule has 0 aliphatic carbocycles. The molecule has 0 spiro atoms. The van der Waals surface area contributed by atoms with Gasteiger partial charge in [-0.2, -0.15) is 0 Å². The van der Waals surface area contributed by atoms with Crippen molar-refractivity contribution in [1.29, 1.82) is 0 Å². The SMILES string of the molecule is CN1C2CCC1CC(COc1ccccc1F)C2. The van der Waals surface area contributed by atoms with E-state index in [4.69, 9.17) is 4.74 Å². The number of hydrogen-bond acceptors (Lipinski definition) is 2. The number of ether oxygens (including phenoxy) is 1. The second-order valence-electron chi connectivity index (χ2n) is 5.63. The first-order valence-electron chi connectivity index (χ1n) is 6.83. The molecule has 0 N–H and O–H groups in total. The summed E-state index contributed by atoms with van der Waals surface area (Å²) in [6.45, 7) is 0.655. The minimum absolute atomic E-state index is 0.256. The number of fused-ring (bicyclic) bond motifs is 2. The highest BCUT2D eigenvalue weighted by Gasteiger charge is 2.38. The molecule has 0 amide bonds. The fourth-order valence-corrected chi connectivity index (χ4v) is 3.43. The van der Waals surface area contributed by atoms with Gasteiger partial charge in [0.1, 0.15) is 0 Å². The second-order valence-corrected chi connectivity index (χ2v) is 5.63. The van der Waals surface area contributed by atoms with E-state index in [1.807, 2.05) is 6.07 Å². The van der Waals surface area contributed by atoms with Gasteiger partial charge in [0.05, 0.1) is 6.61 Å². The van der Waals surface area contributed by atoms with Crippen LogP contribution in [0.3, 0.4) is 0 Å². The Morgan fingerprint density at radius 3 is 2.56 bits per heavy atom. The summed E-state index contributed by atoms with van der Waals surface area (Å²) in [5, 5.41) is 0. The molecule has 2 bridgehead atoms. The molecule has 2 nitrogen and oxygen atoms in total. The highest BCUT2D eigenvalue weighted by Crippen LogP contribution is 2.37. The molecule has 2 saturated heterocycles. The first-order valence-corrected chi connectivity index (χ1v) is 6.83. The van der Waals surface area contributed by atoms with Crippen LogP contribution in [-0.2, 0) is 0 Å². The molecule has 18 heavy (non-hydrogen) atoms. The lowest BCUT2D eigenvalue weighted by Gasteiger charge is -2.36. The Hall–Kier alpha value is -1.09. The average molecular weight is 249 g/mol. The van der Waals surface area contributed by atoms with Crippen LogP contribution in [0.25, 0.3) is 0 Å². The van der Waals surface area contributed by atoms with Crippen molar-refractivity contribution in [3.8, 4) is 5.75 Å². The maximum atomic E-state index is 13.4. The maximum Gasteiger partial charge on any atom is 0.165 e. The van der Waals surface area contributed by atoms with E-state index in [9.17, 15) is 4.39 Å². The molecule has 3 rings (SSSR count). The Balaban J connectivity index is 1.57. The summed E-state index contributed by atoms with van der Waals surface area (Å²) in [7, 11) is 2.23. The van der Waals surface area contributed by atoms with Crippen LogP contribution in [0.2, 0.25) is 0 Å². The van der Waals surface area contributed by atoms with E-state index in [1.165, 1.54) is 31.7 Å². The third-order valence-corrected chi connectivity index (χ3v) is 4.51. The minimum atomic E-state index is -0.256. The Kier molecular flexibility index (Phi) is 3.25. The van der Waals surface area contributed by atoms with Gasteiger partial charge in [0, 0.05) is 12.1 Å². The van der Waals surface area contributed by atoms with Gasteiger partial charge in [-0.25, -0.2) is 4.39 Å². The lowest BCUT2D eigenvalue weighted by molar-refractivity contribution is 0.101. The Morgan fingerprint density at radius 2 is 1.89 bits per heavy atom. The third-order valence-electron chi connectivity index (χ3n) is 4.51. The summed E-state index contributed by atoms with van der Waals surface area (Å²) in [4.78, 5) is 2.51. The molecule has 2 fully saturated rings. The van der Waals surface area contributed by atoms with E-state index in [2.05, 4.69) is 11.9 Å². The van der Waals surface area contributed by atoms with Crippen LogP contribution in [0, 0.1) is 11.7 Å². The summed E-state index contributed by atoms with van der Waals surface area (Å²) < 4.78 is 19.1. The zero-order chi connectivity index (χ0) is 12.5. The number of halogens is 1. The molecule has 3 heteroatoms. The summed E-state index contributed by atoms with van der Waals surface area (Å²) >= 11 is 0. The molecule has 98 valence electrons. The van der Waals surface area contributed by atoms with Crippen molar-refractivity contribution in [2.24, 2.45) is 5.92 Å². The van der Waals surface area contributed by atoms with Gasteiger partial charge >= 0.3 is 0 Å². The van der Waals surface area contributed by atoms with Crippen molar-refractivity contribution in [2.45, 2.75) is 37.8 Å². The molecule has 2 unspecified atom stereocenters. The molecule has 0 saturated carbocycles. The smallest absolute Gasteiger partial charge is 0.165 e. The summed E-state index contributed by atoms with van der Waals surface area (Å²) in [5.41, 5.74) is 0. The van der Waals surface area contributed by atoms with Gasteiger partial charge < -0.3 is 9.64 Å². The third kappa shape index (κ3) is 2.24. The van der Waals surface area contributed by atoms with Crippen molar-refractivity contribution < 1.29 is 9.13 Å². The van der Waals surface area contributed by atoms with Gasteiger partial charge in [0.25, 0.3) is 0 Å². The largest absolute Gasteiger partial charge is 0.490 e. The monoisotopic (exact) mass is 249 g/mol. The molecule has 1 aromatic carbocycles. The Bertz CT molecular complexity index is 409. The highest BCUT2D eigenvalue weighted by atomic mass is 19.1. The number of hydrogen-bond donors (Lipinski definition) is 0. The van der Waals surface area contributed by atoms with Crippen molar-refractivity contribution in [3.05, 3.63) is 30.1 Å². The molecule has 0 radical (unpaired) electrons. The fourth-order valence-electron chi connectivity index (χ4n) is 3.43. The molecule has 2 aliphatic rings. The van der Waals surface area contributed by atoms with Crippen LogP contribution in [0.1, 0.15) is 25.7 Å². The van der Waals surface area contributed by atoms with Crippen LogP contribution in [0.5, 0.6) is 5.75 Å². The van der Waals surface area contributed by atoms with Crippen molar-refractivity contribution in [2.75, 3.05) is 13.7 Å². The zero-order valence-electron chi connectivity index (χ0n) is 10.8. The van der Waals surface area contributed by atoms with Crippen molar-refractivity contribution in [3.63, 3.8) is 0 Å².